The molecule has 1 aromatic heterocycles. The predicted molar refractivity (Wildman–Crippen MR) is 88.2 cm³/mol. The lowest BCUT2D eigenvalue weighted by Gasteiger charge is -2.19. The van der Waals surface area contributed by atoms with Gasteiger partial charge in [-0.1, -0.05) is 24.3 Å². The second-order valence-electron chi connectivity index (χ2n) is 6.99. The molecule has 0 saturated heterocycles. The number of esters is 1. The Bertz CT molecular complexity index is 720. The lowest BCUT2D eigenvalue weighted by molar-refractivity contribution is 0.00628. The van der Waals surface area contributed by atoms with E-state index < -0.39 is 5.60 Å². The van der Waals surface area contributed by atoms with Crippen LogP contribution in [0, 0.1) is 6.92 Å². The minimum absolute atomic E-state index is 0.268. The highest BCUT2D eigenvalue weighted by Gasteiger charge is 2.26. The first-order valence-electron chi connectivity index (χ1n) is 7.90. The first-order valence-corrected chi connectivity index (χ1v) is 7.90. The summed E-state index contributed by atoms with van der Waals surface area (Å²) in [7, 11) is 0. The number of carbonyl (C=O) groups is 1. The molecule has 0 unspecified atom stereocenters. The number of nitrogens with one attached hydrogen (secondary N) is 1. The number of hydrogen-bond donors (Lipinski definition) is 1. The van der Waals surface area contributed by atoms with Gasteiger partial charge in [-0.15, -0.1) is 0 Å². The number of ether oxygens (including phenoxy) is 1. The van der Waals surface area contributed by atoms with Crippen molar-refractivity contribution in [3.8, 4) is 11.3 Å². The lowest BCUT2D eigenvalue weighted by atomic mass is 10.0. The smallest absolute Gasteiger partial charge is 0.355 e. The first kappa shape index (κ1) is 14.9. The molecule has 3 nitrogen and oxygen atoms in total. The van der Waals surface area contributed by atoms with Crippen LogP contribution < -0.4 is 0 Å². The molecule has 2 aromatic rings. The van der Waals surface area contributed by atoms with Crippen LogP contribution in [0.1, 0.15) is 54.4 Å². The van der Waals surface area contributed by atoms with Crippen molar-refractivity contribution in [3.63, 3.8) is 0 Å². The summed E-state index contributed by atoms with van der Waals surface area (Å²) in [5.74, 6) is -0.268. The van der Waals surface area contributed by atoms with Crippen molar-refractivity contribution in [1.29, 1.82) is 0 Å². The monoisotopic (exact) mass is 297 g/mol. The zero-order valence-corrected chi connectivity index (χ0v) is 13.7. The highest BCUT2D eigenvalue weighted by atomic mass is 16.6. The Labute approximate surface area is 131 Å². The topological polar surface area (TPSA) is 42.1 Å². The minimum Gasteiger partial charge on any atom is -0.455 e. The summed E-state index contributed by atoms with van der Waals surface area (Å²) < 4.78 is 5.53. The van der Waals surface area contributed by atoms with E-state index in [1.807, 2.05) is 27.7 Å². The summed E-state index contributed by atoms with van der Waals surface area (Å²) in [6.45, 7) is 7.69. The fourth-order valence-electron chi connectivity index (χ4n) is 3.15. The third kappa shape index (κ3) is 2.68. The van der Waals surface area contributed by atoms with Crippen LogP contribution >= 0.6 is 0 Å². The Balaban J connectivity index is 2.08. The number of H-pyrrole nitrogens is 1. The highest BCUT2D eigenvalue weighted by Crippen LogP contribution is 2.35. The third-order valence-corrected chi connectivity index (χ3v) is 4.14. The van der Waals surface area contributed by atoms with Crippen molar-refractivity contribution in [2.24, 2.45) is 0 Å². The second-order valence-corrected chi connectivity index (χ2v) is 6.99. The van der Waals surface area contributed by atoms with Crippen LogP contribution in [0.3, 0.4) is 0 Å². The van der Waals surface area contributed by atoms with Crippen LogP contribution in [0.4, 0.5) is 0 Å². The van der Waals surface area contributed by atoms with E-state index in [9.17, 15) is 4.79 Å². The standard InChI is InChI=1S/C19H23NO2/c1-12-14-11-7-9-13-8-5-6-10-15(13)17(14)20-16(12)18(21)22-19(2,3)4/h5-6,8,10,20H,7,9,11H2,1-4H3. The predicted octanol–water partition coefficient (Wildman–Crippen LogP) is 4.43. The summed E-state index contributed by atoms with van der Waals surface area (Å²) in [6, 6.07) is 8.44. The number of aromatic amines is 1. The van der Waals surface area contributed by atoms with Crippen LogP contribution in [-0.4, -0.2) is 16.6 Å². The van der Waals surface area contributed by atoms with Crippen LogP contribution in [0.2, 0.25) is 0 Å². The minimum atomic E-state index is -0.482. The Morgan fingerprint density at radius 1 is 1.18 bits per heavy atom. The molecule has 3 heteroatoms. The molecule has 0 fully saturated rings. The van der Waals surface area contributed by atoms with E-state index in [0.29, 0.717) is 5.69 Å². The highest BCUT2D eigenvalue weighted by molar-refractivity contribution is 5.92. The van der Waals surface area contributed by atoms with Gasteiger partial charge in [0, 0.05) is 11.3 Å². The van der Waals surface area contributed by atoms with Gasteiger partial charge >= 0.3 is 5.97 Å². The molecule has 22 heavy (non-hydrogen) atoms. The molecule has 0 aliphatic heterocycles. The summed E-state index contributed by atoms with van der Waals surface area (Å²) in [4.78, 5) is 15.8. The largest absolute Gasteiger partial charge is 0.455 e. The van der Waals surface area contributed by atoms with Crippen LogP contribution in [0.25, 0.3) is 11.3 Å². The van der Waals surface area contributed by atoms with E-state index in [4.69, 9.17) is 4.74 Å². The van der Waals surface area contributed by atoms with Crippen molar-refractivity contribution >= 4 is 5.97 Å². The van der Waals surface area contributed by atoms with Crippen LogP contribution in [0.5, 0.6) is 0 Å². The Morgan fingerprint density at radius 3 is 2.64 bits per heavy atom. The molecule has 1 N–H and O–H groups in total. The van der Waals surface area contributed by atoms with Gasteiger partial charge in [0.1, 0.15) is 11.3 Å². The number of aromatic nitrogens is 1. The van der Waals surface area contributed by atoms with Crippen molar-refractivity contribution in [2.45, 2.75) is 52.6 Å². The molecular weight excluding hydrogens is 274 g/mol. The fourth-order valence-corrected chi connectivity index (χ4v) is 3.15. The van der Waals surface area contributed by atoms with Gasteiger partial charge in [-0.3, -0.25) is 0 Å². The third-order valence-electron chi connectivity index (χ3n) is 4.14. The van der Waals surface area contributed by atoms with Crippen molar-refractivity contribution in [1.82, 2.24) is 4.98 Å². The number of rotatable bonds is 1. The number of fused-ring (bicyclic) bond motifs is 3. The summed E-state index contributed by atoms with van der Waals surface area (Å²) in [6.07, 6.45) is 3.19. The van der Waals surface area contributed by atoms with Gasteiger partial charge in [0.2, 0.25) is 0 Å². The van der Waals surface area contributed by atoms with Gasteiger partial charge in [-0.05, 0) is 63.6 Å². The average Bonchev–Trinajstić information content (AvgIpc) is 2.65. The number of carbonyl (C=O) groups excluding carboxylic acids is 1. The van der Waals surface area contributed by atoms with Crippen molar-refractivity contribution in [3.05, 3.63) is 46.6 Å². The van der Waals surface area contributed by atoms with Gasteiger partial charge in [0.15, 0.2) is 0 Å². The lowest BCUT2D eigenvalue weighted by Crippen LogP contribution is -2.24. The Hall–Kier alpha value is -2.03. The number of aryl methyl sites for hydroxylation is 1. The maximum absolute atomic E-state index is 12.4. The zero-order chi connectivity index (χ0) is 15.9. The molecule has 1 aromatic carbocycles. The van der Waals surface area contributed by atoms with E-state index in [2.05, 4.69) is 29.2 Å². The maximum Gasteiger partial charge on any atom is 0.355 e. The zero-order valence-electron chi connectivity index (χ0n) is 13.7. The van der Waals surface area contributed by atoms with Gasteiger partial charge in [-0.2, -0.15) is 0 Å². The molecule has 1 aliphatic rings. The van der Waals surface area contributed by atoms with Crippen molar-refractivity contribution in [2.75, 3.05) is 0 Å². The van der Waals surface area contributed by atoms with Gasteiger partial charge in [0.05, 0.1) is 0 Å². The molecule has 0 bridgehead atoms. The molecule has 0 amide bonds. The molecule has 1 heterocycles. The molecule has 116 valence electrons. The summed E-state index contributed by atoms with van der Waals surface area (Å²) in [5.41, 5.74) is 6.05. The number of hydrogen-bond acceptors (Lipinski definition) is 2. The van der Waals surface area contributed by atoms with Crippen LogP contribution in [-0.2, 0) is 17.6 Å². The number of benzene rings is 1. The fraction of sp³-hybridized carbons (Fsp3) is 0.421. The normalized spacial score (nSPS) is 14.0. The van der Waals surface area contributed by atoms with Gasteiger partial charge in [-0.25, -0.2) is 4.79 Å². The molecule has 0 radical (unpaired) electrons. The van der Waals surface area contributed by atoms with Gasteiger partial charge in [0.25, 0.3) is 0 Å². The van der Waals surface area contributed by atoms with E-state index in [1.165, 1.54) is 16.7 Å². The maximum atomic E-state index is 12.4. The molecular formula is C19H23NO2. The van der Waals surface area contributed by atoms with Gasteiger partial charge < -0.3 is 9.72 Å². The molecule has 0 saturated carbocycles. The van der Waals surface area contributed by atoms with E-state index in [0.717, 1.165) is 30.5 Å². The average molecular weight is 297 g/mol. The SMILES string of the molecule is Cc1c(C(=O)OC(C)(C)C)[nH]c2c1CCCc1ccccc1-2. The Kier molecular flexibility index (Phi) is 3.59. The van der Waals surface area contributed by atoms with Crippen molar-refractivity contribution < 1.29 is 9.53 Å². The second kappa shape index (κ2) is 5.31. The Morgan fingerprint density at radius 2 is 1.91 bits per heavy atom. The first-order chi connectivity index (χ1) is 10.4. The molecule has 1 aliphatic carbocycles. The van der Waals surface area contributed by atoms with Crippen LogP contribution in [0.15, 0.2) is 24.3 Å². The quantitative estimate of drug-likeness (QED) is 0.791. The molecule has 3 rings (SSSR count). The summed E-state index contributed by atoms with van der Waals surface area (Å²) >= 11 is 0. The molecule has 0 atom stereocenters. The van der Waals surface area contributed by atoms with E-state index >= 15 is 0 Å². The van der Waals surface area contributed by atoms with E-state index in [-0.39, 0.29) is 5.97 Å². The van der Waals surface area contributed by atoms with E-state index in [1.54, 1.807) is 0 Å². The summed E-state index contributed by atoms with van der Waals surface area (Å²) in [5, 5.41) is 0. The molecule has 0 spiro atoms.